The monoisotopic (exact) mass is 375 g/mol. The lowest BCUT2D eigenvalue weighted by Gasteiger charge is -2.31. The van der Waals surface area contributed by atoms with Crippen LogP contribution in [0.25, 0.3) is 0 Å². The van der Waals surface area contributed by atoms with E-state index in [4.69, 9.17) is 16.3 Å². The number of likely N-dealkylation sites (tertiary alicyclic amines) is 1. The first-order valence-electron chi connectivity index (χ1n) is 8.60. The maximum absolute atomic E-state index is 12.3. The Morgan fingerprint density at radius 1 is 1.35 bits per heavy atom. The van der Waals surface area contributed by atoms with Crippen molar-refractivity contribution in [1.82, 2.24) is 10.2 Å². The molecule has 1 fully saturated rings. The van der Waals surface area contributed by atoms with Gasteiger partial charge in [-0.1, -0.05) is 17.7 Å². The molecule has 1 aliphatic rings. The molecule has 26 heavy (non-hydrogen) atoms. The van der Waals surface area contributed by atoms with E-state index in [1.165, 1.54) is 7.11 Å². The number of carbonyl (C=O) groups is 1. The van der Waals surface area contributed by atoms with Gasteiger partial charge in [-0.25, -0.2) is 0 Å². The van der Waals surface area contributed by atoms with Crippen molar-refractivity contribution in [3.8, 4) is 5.75 Å². The average Bonchev–Trinajstić information content (AvgIpc) is 2.67. The van der Waals surface area contributed by atoms with Gasteiger partial charge in [-0.3, -0.25) is 9.69 Å². The van der Waals surface area contributed by atoms with Crippen molar-refractivity contribution in [1.29, 1.82) is 0 Å². The van der Waals surface area contributed by atoms with E-state index in [1.54, 1.807) is 30.5 Å². The second-order valence-electron chi connectivity index (χ2n) is 6.36. The number of hydrogen-bond donors (Lipinski definition) is 1. The normalized spacial score (nSPS) is 15.6. The van der Waals surface area contributed by atoms with E-state index in [9.17, 15) is 10.0 Å². The van der Waals surface area contributed by atoms with E-state index in [0.29, 0.717) is 23.0 Å². The van der Waals surface area contributed by atoms with E-state index < -0.39 is 0 Å². The van der Waals surface area contributed by atoms with Gasteiger partial charge in [0.05, 0.1) is 18.8 Å². The van der Waals surface area contributed by atoms with E-state index >= 15 is 0 Å². The van der Waals surface area contributed by atoms with Crippen LogP contribution in [0, 0.1) is 5.21 Å². The van der Waals surface area contributed by atoms with Gasteiger partial charge in [0.15, 0.2) is 11.9 Å². The molecule has 2 heterocycles. The molecule has 138 valence electrons. The van der Waals surface area contributed by atoms with Gasteiger partial charge in [0.1, 0.15) is 5.75 Å². The molecule has 1 saturated heterocycles. The number of ether oxygens (including phenoxy) is 1. The highest BCUT2D eigenvalue weighted by Gasteiger charge is 2.25. The molecular formula is C19H22ClN3O3. The first kappa shape index (κ1) is 18.5. The molecule has 3 rings (SSSR count). The number of piperidine rings is 1. The minimum absolute atomic E-state index is 0.164. The lowest BCUT2D eigenvalue weighted by molar-refractivity contribution is -0.616. The molecule has 1 aliphatic heterocycles. The Bertz CT molecular complexity index is 776. The summed E-state index contributed by atoms with van der Waals surface area (Å²) in [6.07, 6.45) is 3.34. The van der Waals surface area contributed by atoms with E-state index in [2.05, 4.69) is 10.2 Å². The molecule has 6 nitrogen and oxygen atoms in total. The van der Waals surface area contributed by atoms with Gasteiger partial charge in [-0.2, -0.15) is 4.73 Å². The van der Waals surface area contributed by atoms with Gasteiger partial charge in [-0.05, 0) is 31.0 Å². The van der Waals surface area contributed by atoms with Gasteiger partial charge in [0.2, 0.25) is 0 Å². The SMILES string of the molecule is COc1cc(C(=O)NCN2CCC(c3cccc[n+]3[O-])CC2)ccc1Cl. The summed E-state index contributed by atoms with van der Waals surface area (Å²) < 4.78 is 6.10. The lowest BCUT2D eigenvalue weighted by atomic mass is 9.93. The number of carbonyl (C=O) groups excluding carboxylic acids is 1. The summed E-state index contributed by atoms with van der Waals surface area (Å²) in [5.74, 6) is 0.581. The molecule has 7 heteroatoms. The Morgan fingerprint density at radius 3 is 2.81 bits per heavy atom. The molecule has 0 spiro atoms. The Hall–Kier alpha value is -2.31. The summed E-state index contributed by atoms with van der Waals surface area (Å²) >= 11 is 5.99. The number of hydrogen-bond acceptors (Lipinski definition) is 4. The minimum atomic E-state index is -0.164. The molecule has 1 aromatic heterocycles. The van der Waals surface area contributed by atoms with Crippen LogP contribution in [0.5, 0.6) is 5.75 Å². The highest BCUT2D eigenvalue weighted by molar-refractivity contribution is 6.32. The topological polar surface area (TPSA) is 68.5 Å². The van der Waals surface area contributed by atoms with Crippen LogP contribution >= 0.6 is 11.6 Å². The predicted octanol–water partition coefficient (Wildman–Crippen LogP) is 2.55. The number of aromatic nitrogens is 1. The third kappa shape index (κ3) is 4.26. The van der Waals surface area contributed by atoms with Crippen LogP contribution in [-0.2, 0) is 0 Å². The number of benzene rings is 1. The fourth-order valence-corrected chi connectivity index (χ4v) is 3.43. The number of nitrogens with one attached hydrogen (secondary N) is 1. The number of amides is 1. The fourth-order valence-electron chi connectivity index (χ4n) is 3.23. The highest BCUT2D eigenvalue weighted by atomic mass is 35.5. The van der Waals surface area contributed by atoms with Gasteiger partial charge < -0.3 is 15.3 Å². The van der Waals surface area contributed by atoms with Crippen molar-refractivity contribution in [3.05, 3.63) is 64.1 Å². The maximum Gasteiger partial charge on any atom is 0.252 e. The zero-order chi connectivity index (χ0) is 18.5. The largest absolute Gasteiger partial charge is 0.618 e. The number of nitrogens with zero attached hydrogens (tertiary/aromatic N) is 2. The number of methoxy groups -OCH3 is 1. The Labute approximate surface area is 157 Å². The van der Waals surface area contributed by atoms with E-state index in [1.807, 2.05) is 12.1 Å². The van der Waals surface area contributed by atoms with Crippen LogP contribution in [0.3, 0.4) is 0 Å². The zero-order valence-electron chi connectivity index (χ0n) is 14.7. The summed E-state index contributed by atoms with van der Waals surface area (Å²) in [5, 5.41) is 15.3. The maximum atomic E-state index is 12.3. The molecule has 2 aromatic rings. The Kier molecular flexibility index (Phi) is 5.96. The van der Waals surface area contributed by atoms with Crippen molar-refractivity contribution in [2.75, 3.05) is 26.9 Å². The quantitative estimate of drug-likeness (QED) is 0.644. The number of halogens is 1. The van der Waals surface area contributed by atoms with E-state index in [-0.39, 0.29) is 11.8 Å². The smallest absolute Gasteiger partial charge is 0.252 e. The van der Waals surface area contributed by atoms with E-state index in [0.717, 1.165) is 36.4 Å². The van der Waals surface area contributed by atoms with Crippen LogP contribution in [-0.4, -0.2) is 37.7 Å². The van der Waals surface area contributed by atoms with Crippen molar-refractivity contribution in [3.63, 3.8) is 0 Å². The number of pyridine rings is 1. The summed E-state index contributed by atoms with van der Waals surface area (Å²) in [5.41, 5.74) is 1.34. The molecule has 1 amide bonds. The van der Waals surface area contributed by atoms with Crippen molar-refractivity contribution >= 4 is 17.5 Å². The van der Waals surface area contributed by atoms with Gasteiger partial charge in [0.25, 0.3) is 5.91 Å². The zero-order valence-corrected chi connectivity index (χ0v) is 15.4. The molecule has 0 radical (unpaired) electrons. The molecule has 1 aromatic carbocycles. The van der Waals surface area contributed by atoms with Gasteiger partial charge >= 0.3 is 0 Å². The van der Waals surface area contributed by atoms with Crippen LogP contribution < -0.4 is 14.8 Å². The summed E-state index contributed by atoms with van der Waals surface area (Å²) in [4.78, 5) is 14.5. The minimum Gasteiger partial charge on any atom is -0.618 e. The first-order chi connectivity index (χ1) is 12.6. The molecule has 0 bridgehead atoms. The number of rotatable bonds is 5. The molecule has 1 N–H and O–H groups in total. The molecule has 0 saturated carbocycles. The molecular weight excluding hydrogens is 354 g/mol. The summed E-state index contributed by atoms with van der Waals surface area (Å²) in [6, 6.07) is 10.5. The second-order valence-corrected chi connectivity index (χ2v) is 6.76. The Morgan fingerprint density at radius 2 is 2.12 bits per heavy atom. The molecule has 0 unspecified atom stereocenters. The van der Waals surface area contributed by atoms with Crippen LogP contribution in [0.1, 0.15) is 34.8 Å². The van der Waals surface area contributed by atoms with Crippen LogP contribution in [0.15, 0.2) is 42.6 Å². The van der Waals surface area contributed by atoms with Crippen LogP contribution in [0.2, 0.25) is 5.02 Å². The van der Waals surface area contributed by atoms with Crippen molar-refractivity contribution in [2.45, 2.75) is 18.8 Å². The van der Waals surface area contributed by atoms with Gasteiger partial charge in [-0.15, -0.1) is 0 Å². The Balaban J connectivity index is 1.51. The van der Waals surface area contributed by atoms with Crippen LogP contribution in [0.4, 0.5) is 0 Å². The third-order valence-electron chi connectivity index (χ3n) is 4.74. The average molecular weight is 376 g/mol. The third-order valence-corrected chi connectivity index (χ3v) is 5.05. The fraction of sp³-hybridized carbons (Fsp3) is 0.368. The van der Waals surface area contributed by atoms with Crippen molar-refractivity contribution < 1.29 is 14.3 Å². The van der Waals surface area contributed by atoms with Crippen molar-refractivity contribution in [2.24, 2.45) is 0 Å². The summed E-state index contributed by atoms with van der Waals surface area (Å²) in [6.45, 7) is 2.15. The predicted molar refractivity (Wildman–Crippen MR) is 99.3 cm³/mol. The highest BCUT2D eigenvalue weighted by Crippen LogP contribution is 2.26. The summed E-state index contributed by atoms with van der Waals surface area (Å²) in [7, 11) is 1.52. The first-order valence-corrected chi connectivity index (χ1v) is 8.98. The molecule has 0 atom stereocenters. The second kappa shape index (κ2) is 8.38. The standard InChI is InChI=1S/C19H22ClN3O3/c1-26-18-12-15(5-6-16(18)20)19(24)21-13-22-10-7-14(8-11-22)17-4-2-3-9-23(17)25/h2-6,9,12,14H,7-8,10-11,13H2,1H3,(H,21,24). The van der Waals surface area contributed by atoms with Gasteiger partial charge in [0, 0.05) is 36.7 Å². The lowest BCUT2D eigenvalue weighted by Crippen LogP contribution is -2.43. The molecule has 0 aliphatic carbocycles.